The number of nitrogens with one attached hydrogen (secondary N) is 1. The van der Waals surface area contributed by atoms with Gasteiger partial charge in [-0.3, -0.25) is 4.79 Å². The molecule has 0 bridgehead atoms. The van der Waals surface area contributed by atoms with Crippen molar-refractivity contribution < 1.29 is 41.0 Å². The molecule has 1 saturated heterocycles. The molecule has 4 nitrogen and oxygen atoms in total. The first-order chi connectivity index (χ1) is 13.7. The van der Waals surface area contributed by atoms with Gasteiger partial charge < -0.3 is 15.2 Å². The molecule has 174 valence electrons. The summed E-state index contributed by atoms with van der Waals surface area (Å²) in [6.07, 6.45) is -10.6. The maximum Gasteiger partial charge on any atom is 0.426 e. The molecule has 2 N–H and O–H groups in total. The second kappa shape index (κ2) is 8.24. The first kappa shape index (κ1) is 24.3. The van der Waals surface area contributed by atoms with Crippen molar-refractivity contribution in [3.63, 3.8) is 0 Å². The molecule has 1 heterocycles. The second-order valence-corrected chi connectivity index (χ2v) is 11.1. The molecule has 0 radical (unpaired) electrons. The van der Waals surface area contributed by atoms with Gasteiger partial charge in [0.15, 0.2) is 0 Å². The highest BCUT2D eigenvalue weighted by atomic mass is 127. The molecular formula is C19H26F6INO3. The molecule has 1 aliphatic heterocycles. The molecule has 6 unspecified atom stereocenters. The van der Waals surface area contributed by atoms with Gasteiger partial charge >= 0.3 is 18.3 Å². The van der Waals surface area contributed by atoms with E-state index in [0.29, 0.717) is 19.3 Å². The zero-order chi connectivity index (χ0) is 22.5. The summed E-state index contributed by atoms with van der Waals surface area (Å²) < 4.78 is 85.7. The van der Waals surface area contributed by atoms with Crippen molar-refractivity contribution in [3.8, 4) is 0 Å². The molecule has 3 fully saturated rings. The van der Waals surface area contributed by atoms with Crippen molar-refractivity contribution >= 4 is 28.6 Å². The Labute approximate surface area is 184 Å². The van der Waals surface area contributed by atoms with Crippen LogP contribution in [-0.4, -0.2) is 51.1 Å². The topological polar surface area (TPSA) is 58.6 Å². The van der Waals surface area contributed by atoms with Crippen LogP contribution in [0.4, 0.5) is 26.3 Å². The van der Waals surface area contributed by atoms with Gasteiger partial charge in [0.25, 0.3) is 5.60 Å². The SMILES string of the molecule is CC(I)(C(=O)OC1CCC(C(O)(C(F)(F)F)C(F)(F)F)C2CCCCC12)C1CCN1. The number of carbonyl (C=O) groups is 1. The van der Waals surface area contributed by atoms with Crippen LogP contribution in [0.1, 0.15) is 51.9 Å². The average Bonchev–Trinajstić information content (AvgIpc) is 2.57. The number of ether oxygens (including phenoxy) is 1. The van der Waals surface area contributed by atoms with Crippen molar-refractivity contribution in [2.75, 3.05) is 6.54 Å². The molecule has 11 heteroatoms. The lowest BCUT2D eigenvalue weighted by molar-refractivity contribution is -0.394. The molecule has 0 spiro atoms. The standard InChI is InChI=1S/C19H26F6INO3/c1-16(26,14-8-9-27-14)15(28)30-13-7-6-12(10-4-2-3-5-11(10)13)17(29,18(20,21)22)19(23,24)25/h10-14,27,29H,2-9H2,1H3. The lowest BCUT2D eigenvalue weighted by Gasteiger charge is -2.51. The van der Waals surface area contributed by atoms with E-state index in [1.54, 1.807) is 6.92 Å². The van der Waals surface area contributed by atoms with E-state index in [2.05, 4.69) is 5.32 Å². The van der Waals surface area contributed by atoms with Crippen molar-refractivity contribution in [1.29, 1.82) is 0 Å². The zero-order valence-electron chi connectivity index (χ0n) is 16.5. The highest BCUT2D eigenvalue weighted by molar-refractivity contribution is 14.1. The minimum atomic E-state index is -5.84. The molecule has 2 saturated carbocycles. The predicted molar refractivity (Wildman–Crippen MR) is 104 cm³/mol. The molecule has 0 aromatic rings. The fourth-order valence-electron chi connectivity index (χ4n) is 5.31. The maximum atomic E-state index is 13.5. The number of aliphatic hydroxyl groups is 1. The lowest BCUT2D eigenvalue weighted by atomic mass is 9.59. The largest absolute Gasteiger partial charge is 0.461 e. The van der Waals surface area contributed by atoms with Crippen LogP contribution in [0.25, 0.3) is 0 Å². The van der Waals surface area contributed by atoms with Crippen LogP contribution >= 0.6 is 22.6 Å². The fourth-order valence-corrected chi connectivity index (χ4v) is 5.97. The first-order valence-electron chi connectivity index (χ1n) is 10.2. The van der Waals surface area contributed by atoms with Gasteiger partial charge in [0.2, 0.25) is 0 Å². The normalized spacial score (nSPS) is 35.0. The summed E-state index contributed by atoms with van der Waals surface area (Å²) in [5.74, 6) is -4.15. The average molecular weight is 557 g/mol. The minimum absolute atomic E-state index is 0.0790. The molecule has 2 aliphatic carbocycles. The third-order valence-corrected chi connectivity index (χ3v) is 8.36. The van der Waals surface area contributed by atoms with E-state index in [-0.39, 0.29) is 18.9 Å². The maximum absolute atomic E-state index is 13.5. The minimum Gasteiger partial charge on any atom is -0.461 e. The van der Waals surface area contributed by atoms with Crippen LogP contribution in [-0.2, 0) is 9.53 Å². The first-order valence-corrected chi connectivity index (χ1v) is 11.3. The zero-order valence-corrected chi connectivity index (χ0v) is 18.6. The number of hydrogen-bond acceptors (Lipinski definition) is 4. The number of carbonyl (C=O) groups excluding carboxylic acids is 1. The Morgan fingerprint density at radius 2 is 1.50 bits per heavy atom. The summed E-state index contributed by atoms with van der Waals surface area (Å²) in [5, 5.41) is 13.1. The van der Waals surface area contributed by atoms with Crippen molar-refractivity contribution in [2.24, 2.45) is 17.8 Å². The Morgan fingerprint density at radius 3 is 1.97 bits per heavy atom. The molecule has 0 aromatic carbocycles. The number of esters is 1. The van der Waals surface area contributed by atoms with Crippen molar-refractivity contribution in [1.82, 2.24) is 5.32 Å². The Morgan fingerprint density at radius 1 is 0.967 bits per heavy atom. The van der Waals surface area contributed by atoms with Crippen LogP contribution < -0.4 is 5.32 Å². The van der Waals surface area contributed by atoms with Crippen LogP contribution in [0.2, 0.25) is 0 Å². The van der Waals surface area contributed by atoms with E-state index in [4.69, 9.17) is 4.74 Å². The molecule has 30 heavy (non-hydrogen) atoms. The van der Waals surface area contributed by atoms with Gasteiger partial charge in [0.05, 0.1) is 0 Å². The summed E-state index contributed by atoms with van der Waals surface area (Å²) in [7, 11) is 0. The van der Waals surface area contributed by atoms with Crippen LogP contribution in [0, 0.1) is 17.8 Å². The van der Waals surface area contributed by atoms with E-state index in [1.807, 2.05) is 22.6 Å². The molecule has 6 atom stereocenters. The summed E-state index contributed by atoms with van der Waals surface area (Å²) >= 11 is 1.99. The number of hydrogen-bond donors (Lipinski definition) is 2. The molecule has 3 rings (SSSR count). The smallest absolute Gasteiger partial charge is 0.426 e. The van der Waals surface area contributed by atoms with Gasteiger partial charge in [0, 0.05) is 12.0 Å². The Bertz CT molecular complexity index is 635. The third-order valence-electron chi connectivity index (χ3n) is 7.17. The molecule has 0 aromatic heterocycles. The van der Waals surface area contributed by atoms with Gasteiger partial charge in [-0.05, 0) is 57.4 Å². The molecule has 3 aliphatic rings. The highest BCUT2D eigenvalue weighted by Gasteiger charge is 2.75. The number of halogens is 7. The fraction of sp³-hybridized carbons (Fsp3) is 0.947. The van der Waals surface area contributed by atoms with Crippen molar-refractivity contribution in [2.45, 2.75) is 85.4 Å². The van der Waals surface area contributed by atoms with Crippen LogP contribution in [0.5, 0.6) is 0 Å². The van der Waals surface area contributed by atoms with Crippen molar-refractivity contribution in [3.05, 3.63) is 0 Å². The summed E-state index contributed by atoms with van der Waals surface area (Å²) in [4.78, 5) is 12.8. The summed E-state index contributed by atoms with van der Waals surface area (Å²) in [6.45, 7) is 2.49. The molecule has 0 amide bonds. The van der Waals surface area contributed by atoms with Gasteiger partial charge in [-0.2, -0.15) is 26.3 Å². The number of fused-ring (bicyclic) bond motifs is 1. The summed E-state index contributed by atoms with van der Waals surface area (Å²) in [5.41, 5.74) is -4.76. The Hall–Kier alpha value is -0.300. The third kappa shape index (κ3) is 4.06. The molecular weight excluding hydrogens is 531 g/mol. The van der Waals surface area contributed by atoms with Gasteiger partial charge in [0.1, 0.15) is 9.53 Å². The monoisotopic (exact) mass is 557 g/mol. The Balaban J connectivity index is 1.83. The number of rotatable bonds is 4. The quantitative estimate of drug-likeness (QED) is 0.231. The van der Waals surface area contributed by atoms with Crippen LogP contribution in [0.3, 0.4) is 0 Å². The van der Waals surface area contributed by atoms with E-state index >= 15 is 0 Å². The summed E-state index contributed by atoms with van der Waals surface area (Å²) in [6, 6.07) is -0.0790. The predicted octanol–water partition coefficient (Wildman–Crippen LogP) is 4.53. The Kier molecular flexibility index (Phi) is 6.69. The highest BCUT2D eigenvalue weighted by Crippen LogP contribution is 2.57. The van der Waals surface area contributed by atoms with E-state index in [1.165, 1.54) is 0 Å². The lowest BCUT2D eigenvalue weighted by Crippen LogP contribution is -2.65. The number of alkyl halides is 7. The van der Waals surface area contributed by atoms with Crippen LogP contribution in [0.15, 0.2) is 0 Å². The van der Waals surface area contributed by atoms with Gasteiger partial charge in [-0.1, -0.05) is 35.4 Å². The van der Waals surface area contributed by atoms with E-state index in [0.717, 1.165) is 13.0 Å². The van der Waals surface area contributed by atoms with Gasteiger partial charge in [-0.25, -0.2) is 0 Å². The van der Waals surface area contributed by atoms with E-state index < -0.39 is 57.6 Å². The second-order valence-electron chi connectivity index (χ2n) is 8.87. The van der Waals surface area contributed by atoms with E-state index in [9.17, 15) is 36.2 Å². The van der Waals surface area contributed by atoms with Gasteiger partial charge in [-0.15, -0.1) is 0 Å².